The predicted molar refractivity (Wildman–Crippen MR) is 42.8 cm³/mol. The van der Waals surface area contributed by atoms with Crippen LogP contribution in [0, 0.1) is 6.92 Å². The van der Waals surface area contributed by atoms with Crippen LogP contribution in [0.3, 0.4) is 0 Å². The molecule has 0 heterocycles. The van der Waals surface area contributed by atoms with Gasteiger partial charge in [-0.1, -0.05) is 12.1 Å². The Labute approximate surface area is 65.5 Å². The number of aromatic hydroxyl groups is 1. The van der Waals surface area contributed by atoms with Crippen molar-refractivity contribution in [2.45, 2.75) is 13.8 Å². The van der Waals surface area contributed by atoms with E-state index < -0.39 is 0 Å². The zero-order valence-electron chi connectivity index (χ0n) is 6.59. The van der Waals surface area contributed by atoms with Crippen LogP contribution in [0.15, 0.2) is 18.2 Å². The summed E-state index contributed by atoms with van der Waals surface area (Å²) in [5, 5.41) is 9.20. The molecule has 0 aromatic heterocycles. The lowest BCUT2D eigenvalue weighted by atomic mass is 10.1. The second-order valence-corrected chi connectivity index (χ2v) is 2.51. The number of hydrogen-bond acceptors (Lipinski definition) is 2. The molecule has 2 heteroatoms. The van der Waals surface area contributed by atoms with Gasteiger partial charge in [-0.25, -0.2) is 0 Å². The van der Waals surface area contributed by atoms with Crippen LogP contribution in [0.4, 0.5) is 0 Å². The highest BCUT2D eigenvalue weighted by atomic mass is 16.3. The molecule has 1 aromatic carbocycles. The van der Waals surface area contributed by atoms with Gasteiger partial charge < -0.3 is 5.11 Å². The minimum atomic E-state index is -0.0154. The summed E-state index contributed by atoms with van der Waals surface area (Å²) >= 11 is 0. The van der Waals surface area contributed by atoms with Gasteiger partial charge in [0.1, 0.15) is 5.75 Å². The largest absolute Gasteiger partial charge is 0.508 e. The molecule has 0 spiro atoms. The quantitative estimate of drug-likeness (QED) is 0.621. The first-order chi connectivity index (χ1) is 5.13. The SMILES string of the molecule is CC(=O)c1cccc(O)c1C. The van der Waals surface area contributed by atoms with Crippen molar-refractivity contribution >= 4 is 5.78 Å². The number of hydrogen-bond donors (Lipinski definition) is 1. The maximum absolute atomic E-state index is 10.9. The predicted octanol–water partition coefficient (Wildman–Crippen LogP) is 1.90. The molecule has 0 atom stereocenters. The van der Waals surface area contributed by atoms with Gasteiger partial charge in [0, 0.05) is 11.1 Å². The molecule has 0 saturated heterocycles. The molecule has 0 amide bonds. The summed E-state index contributed by atoms with van der Waals surface area (Å²) in [7, 11) is 0. The molecule has 0 fully saturated rings. The third-order valence-corrected chi connectivity index (χ3v) is 1.68. The van der Waals surface area contributed by atoms with E-state index in [2.05, 4.69) is 0 Å². The molecule has 1 aromatic rings. The van der Waals surface area contributed by atoms with Gasteiger partial charge in [0.25, 0.3) is 0 Å². The second kappa shape index (κ2) is 2.74. The van der Waals surface area contributed by atoms with Crippen LogP contribution in [-0.2, 0) is 0 Å². The van der Waals surface area contributed by atoms with Gasteiger partial charge in [0.05, 0.1) is 0 Å². The van der Waals surface area contributed by atoms with Crippen LogP contribution in [0.1, 0.15) is 22.8 Å². The highest BCUT2D eigenvalue weighted by Gasteiger charge is 2.05. The van der Waals surface area contributed by atoms with E-state index in [9.17, 15) is 9.90 Å². The van der Waals surface area contributed by atoms with Crippen molar-refractivity contribution < 1.29 is 9.90 Å². The number of phenols is 1. The maximum atomic E-state index is 10.9. The van der Waals surface area contributed by atoms with Gasteiger partial charge in [-0.05, 0) is 19.9 Å². The van der Waals surface area contributed by atoms with Gasteiger partial charge in [0.2, 0.25) is 0 Å². The van der Waals surface area contributed by atoms with Crippen molar-refractivity contribution in [2.75, 3.05) is 0 Å². The van der Waals surface area contributed by atoms with Crippen molar-refractivity contribution in [2.24, 2.45) is 0 Å². The molecule has 2 nitrogen and oxygen atoms in total. The standard InChI is InChI=1S/C9H10O2/c1-6-8(7(2)10)4-3-5-9(6)11/h3-5,11H,1-2H3. The Balaban J connectivity index is 3.27. The maximum Gasteiger partial charge on any atom is 0.160 e. The Hall–Kier alpha value is -1.31. The fourth-order valence-corrected chi connectivity index (χ4v) is 1.00. The molecule has 0 unspecified atom stereocenters. The third kappa shape index (κ3) is 1.40. The van der Waals surface area contributed by atoms with Gasteiger partial charge >= 0.3 is 0 Å². The van der Waals surface area contributed by atoms with E-state index >= 15 is 0 Å². The summed E-state index contributed by atoms with van der Waals surface area (Å²) in [6.07, 6.45) is 0. The molecule has 58 valence electrons. The monoisotopic (exact) mass is 150 g/mol. The minimum absolute atomic E-state index is 0.0154. The molecule has 0 radical (unpaired) electrons. The van der Waals surface area contributed by atoms with E-state index in [1.54, 1.807) is 25.1 Å². The molecule has 0 bridgehead atoms. The lowest BCUT2D eigenvalue weighted by molar-refractivity contribution is 0.101. The van der Waals surface area contributed by atoms with E-state index in [1.807, 2.05) is 0 Å². The zero-order valence-corrected chi connectivity index (χ0v) is 6.59. The van der Waals surface area contributed by atoms with Gasteiger partial charge in [-0.3, -0.25) is 4.79 Å². The van der Waals surface area contributed by atoms with Crippen LogP contribution in [0.2, 0.25) is 0 Å². The van der Waals surface area contributed by atoms with Crippen molar-refractivity contribution in [3.05, 3.63) is 29.3 Å². The first-order valence-electron chi connectivity index (χ1n) is 3.42. The Bertz CT molecular complexity index is 290. The number of phenolic OH excluding ortho intramolecular Hbond substituents is 1. The number of benzene rings is 1. The van der Waals surface area contributed by atoms with Gasteiger partial charge in [0.15, 0.2) is 5.78 Å². The first-order valence-corrected chi connectivity index (χ1v) is 3.42. The van der Waals surface area contributed by atoms with Crippen LogP contribution < -0.4 is 0 Å². The molecule has 11 heavy (non-hydrogen) atoms. The van der Waals surface area contributed by atoms with Gasteiger partial charge in [-0.2, -0.15) is 0 Å². The molecule has 0 aliphatic heterocycles. The highest BCUT2D eigenvalue weighted by molar-refractivity contribution is 5.96. The number of carbonyl (C=O) groups excluding carboxylic acids is 1. The summed E-state index contributed by atoms with van der Waals surface area (Å²) in [6, 6.07) is 4.94. The van der Waals surface area contributed by atoms with E-state index in [-0.39, 0.29) is 11.5 Å². The van der Waals surface area contributed by atoms with E-state index in [0.29, 0.717) is 11.1 Å². The number of rotatable bonds is 1. The number of ketones is 1. The van der Waals surface area contributed by atoms with Gasteiger partial charge in [-0.15, -0.1) is 0 Å². The molecule has 0 saturated carbocycles. The van der Waals surface area contributed by atoms with Crippen LogP contribution in [0.5, 0.6) is 5.75 Å². The van der Waals surface area contributed by atoms with Crippen LogP contribution in [0.25, 0.3) is 0 Å². The average Bonchev–Trinajstić information content (AvgIpc) is 1.94. The summed E-state index contributed by atoms with van der Waals surface area (Å²) in [4.78, 5) is 10.9. The second-order valence-electron chi connectivity index (χ2n) is 2.51. The topological polar surface area (TPSA) is 37.3 Å². The fraction of sp³-hybridized carbons (Fsp3) is 0.222. The lowest BCUT2D eigenvalue weighted by Gasteiger charge is -2.02. The van der Waals surface area contributed by atoms with E-state index in [1.165, 1.54) is 6.92 Å². The van der Waals surface area contributed by atoms with Crippen molar-refractivity contribution in [1.82, 2.24) is 0 Å². The summed E-state index contributed by atoms with van der Waals surface area (Å²) < 4.78 is 0. The fourth-order valence-electron chi connectivity index (χ4n) is 1.00. The minimum Gasteiger partial charge on any atom is -0.508 e. The lowest BCUT2D eigenvalue weighted by Crippen LogP contribution is -1.94. The average molecular weight is 150 g/mol. The van der Waals surface area contributed by atoms with E-state index in [0.717, 1.165) is 0 Å². The Morgan fingerprint density at radius 1 is 1.45 bits per heavy atom. The number of carbonyl (C=O) groups is 1. The summed E-state index contributed by atoms with van der Waals surface area (Å²) in [5.74, 6) is 0.163. The van der Waals surface area contributed by atoms with Crippen molar-refractivity contribution in [3.8, 4) is 5.75 Å². The van der Waals surface area contributed by atoms with Crippen LogP contribution in [-0.4, -0.2) is 10.9 Å². The Kier molecular flexibility index (Phi) is 1.94. The summed E-state index contributed by atoms with van der Waals surface area (Å²) in [6.45, 7) is 3.22. The summed E-state index contributed by atoms with van der Waals surface area (Å²) in [5.41, 5.74) is 1.24. The molecular formula is C9H10O2. The highest BCUT2D eigenvalue weighted by Crippen LogP contribution is 2.19. The van der Waals surface area contributed by atoms with Crippen molar-refractivity contribution in [1.29, 1.82) is 0 Å². The molecule has 0 aliphatic carbocycles. The Morgan fingerprint density at radius 3 is 2.55 bits per heavy atom. The van der Waals surface area contributed by atoms with Crippen molar-refractivity contribution in [3.63, 3.8) is 0 Å². The van der Waals surface area contributed by atoms with Crippen LogP contribution >= 0.6 is 0 Å². The molecule has 1 N–H and O–H groups in total. The molecule has 0 aliphatic rings. The third-order valence-electron chi connectivity index (χ3n) is 1.68. The normalized spacial score (nSPS) is 9.64. The molecular weight excluding hydrogens is 140 g/mol. The molecule has 1 rings (SSSR count). The number of Topliss-reactive ketones (excluding diaryl/α,β-unsaturated/α-hetero) is 1. The smallest absolute Gasteiger partial charge is 0.160 e. The van der Waals surface area contributed by atoms with E-state index in [4.69, 9.17) is 0 Å². The first kappa shape index (κ1) is 7.79. The zero-order chi connectivity index (χ0) is 8.43. The Morgan fingerprint density at radius 2 is 2.09 bits per heavy atom.